The lowest BCUT2D eigenvalue weighted by atomic mass is 10.00. The van der Waals surface area contributed by atoms with Gasteiger partial charge in [-0.15, -0.1) is 12.4 Å². The van der Waals surface area contributed by atoms with Crippen LogP contribution in [0.25, 0.3) is 11.3 Å². The highest BCUT2D eigenvalue weighted by Gasteiger charge is 2.25. The van der Waals surface area contributed by atoms with Gasteiger partial charge in [0.2, 0.25) is 5.75 Å². The number of aromatic hydroxyl groups is 1. The molecule has 0 amide bonds. The molecule has 0 radical (unpaired) electrons. The number of pyridine rings is 1. The van der Waals surface area contributed by atoms with Crippen LogP contribution in [0.15, 0.2) is 23.0 Å². The van der Waals surface area contributed by atoms with Gasteiger partial charge >= 0.3 is 6.16 Å². The summed E-state index contributed by atoms with van der Waals surface area (Å²) in [6.07, 6.45) is 0.467. The molecular formula is C19H22ClN3O5. The summed E-state index contributed by atoms with van der Waals surface area (Å²) < 4.78 is 4.48. The van der Waals surface area contributed by atoms with Gasteiger partial charge < -0.3 is 30.2 Å². The fourth-order valence-corrected chi connectivity index (χ4v) is 3.87. The second-order valence-electron chi connectivity index (χ2n) is 6.79. The maximum atomic E-state index is 12.3. The van der Waals surface area contributed by atoms with E-state index in [9.17, 15) is 14.7 Å². The quantitative estimate of drug-likeness (QED) is 0.563. The second-order valence-corrected chi connectivity index (χ2v) is 6.79. The number of halogens is 1. The van der Waals surface area contributed by atoms with E-state index in [0.717, 1.165) is 55.8 Å². The van der Waals surface area contributed by atoms with Crippen molar-refractivity contribution in [1.82, 2.24) is 10.3 Å². The molecule has 1 aromatic carbocycles. The monoisotopic (exact) mass is 407 g/mol. The molecule has 4 N–H and O–H groups in total. The molecule has 1 fully saturated rings. The SMILES string of the molecule is Cl.O=C(O)Oc1c(O)c2c([nH]c1=O)-c1ccc(N3CCNCC3)cc1CCC2. The lowest BCUT2D eigenvalue weighted by Gasteiger charge is -2.30. The Kier molecular flexibility index (Phi) is 5.81. The molecule has 0 spiro atoms. The van der Waals surface area contributed by atoms with Crippen LogP contribution in [0.5, 0.6) is 11.5 Å². The number of nitrogens with one attached hydrogen (secondary N) is 2. The van der Waals surface area contributed by atoms with E-state index in [4.69, 9.17) is 5.11 Å². The van der Waals surface area contributed by atoms with Crippen LogP contribution >= 0.6 is 12.4 Å². The average molecular weight is 408 g/mol. The van der Waals surface area contributed by atoms with Crippen molar-refractivity contribution < 1.29 is 19.7 Å². The number of aromatic nitrogens is 1. The van der Waals surface area contributed by atoms with Gasteiger partial charge in [-0.2, -0.15) is 0 Å². The van der Waals surface area contributed by atoms with Gasteiger partial charge in [-0.1, -0.05) is 6.07 Å². The molecule has 1 aliphatic heterocycles. The van der Waals surface area contributed by atoms with Crippen molar-refractivity contribution in [2.24, 2.45) is 0 Å². The van der Waals surface area contributed by atoms with Crippen molar-refractivity contribution in [3.8, 4) is 22.8 Å². The molecule has 0 unspecified atom stereocenters. The van der Waals surface area contributed by atoms with Crippen molar-refractivity contribution in [3.05, 3.63) is 39.7 Å². The zero-order valence-electron chi connectivity index (χ0n) is 15.2. The summed E-state index contributed by atoms with van der Waals surface area (Å²) >= 11 is 0. The lowest BCUT2D eigenvalue weighted by Crippen LogP contribution is -2.43. The van der Waals surface area contributed by atoms with Crippen LogP contribution in [0.3, 0.4) is 0 Å². The number of aromatic amines is 1. The van der Waals surface area contributed by atoms with Crippen molar-refractivity contribution in [3.63, 3.8) is 0 Å². The van der Waals surface area contributed by atoms with Crippen molar-refractivity contribution in [2.45, 2.75) is 19.3 Å². The third-order valence-corrected chi connectivity index (χ3v) is 5.15. The first-order valence-electron chi connectivity index (χ1n) is 9.02. The topological polar surface area (TPSA) is 115 Å². The summed E-state index contributed by atoms with van der Waals surface area (Å²) in [7, 11) is 0. The highest BCUT2D eigenvalue weighted by atomic mass is 35.5. The normalized spacial score (nSPS) is 15.6. The molecule has 150 valence electrons. The Morgan fingerprint density at radius 3 is 2.64 bits per heavy atom. The lowest BCUT2D eigenvalue weighted by molar-refractivity contribution is 0.142. The molecule has 0 atom stereocenters. The average Bonchev–Trinajstić information content (AvgIpc) is 2.85. The van der Waals surface area contributed by atoms with Crippen LogP contribution in [-0.4, -0.2) is 47.5 Å². The number of rotatable bonds is 2. The van der Waals surface area contributed by atoms with Crippen LogP contribution in [-0.2, 0) is 12.8 Å². The number of fused-ring (bicyclic) bond motifs is 3. The molecule has 1 aromatic heterocycles. The Morgan fingerprint density at radius 2 is 1.93 bits per heavy atom. The van der Waals surface area contributed by atoms with Crippen molar-refractivity contribution in [1.29, 1.82) is 0 Å². The van der Waals surface area contributed by atoms with Gasteiger partial charge in [-0.25, -0.2) is 4.79 Å². The van der Waals surface area contributed by atoms with E-state index in [1.807, 2.05) is 12.1 Å². The molecule has 4 rings (SSSR count). The molecule has 0 saturated carbocycles. The maximum absolute atomic E-state index is 12.3. The van der Waals surface area contributed by atoms with Crippen LogP contribution in [0.4, 0.5) is 10.5 Å². The smallest absolute Gasteiger partial charge is 0.504 e. The second kappa shape index (κ2) is 8.12. The Labute approximate surface area is 167 Å². The van der Waals surface area contributed by atoms with E-state index >= 15 is 0 Å². The Morgan fingerprint density at radius 1 is 1.18 bits per heavy atom. The zero-order chi connectivity index (χ0) is 19.0. The Bertz CT molecular complexity index is 953. The van der Waals surface area contributed by atoms with Crippen LogP contribution in [0, 0.1) is 0 Å². The summed E-state index contributed by atoms with van der Waals surface area (Å²) in [5.41, 5.74) is 3.40. The van der Waals surface area contributed by atoms with E-state index in [2.05, 4.69) is 26.0 Å². The number of aryl methyl sites for hydroxylation is 1. The standard InChI is InChI=1S/C19H21N3O5.ClH/c23-16-14-3-1-2-11-10-12(22-8-6-20-7-9-22)4-5-13(11)15(14)21-18(24)17(16)27-19(25)26;/h4-5,10,20H,1-3,6-9H2,(H,25,26)(H2,21,23,24);1H. The first-order valence-corrected chi connectivity index (χ1v) is 9.02. The minimum atomic E-state index is -1.63. The van der Waals surface area contributed by atoms with Crippen LogP contribution in [0.1, 0.15) is 17.5 Å². The Hall–Kier alpha value is -2.71. The van der Waals surface area contributed by atoms with E-state index in [0.29, 0.717) is 17.7 Å². The van der Waals surface area contributed by atoms with Gasteiger partial charge in [0.1, 0.15) is 0 Å². The number of nitrogens with zero attached hydrogens (tertiary/aromatic N) is 1. The van der Waals surface area contributed by atoms with Gasteiger partial charge in [-0.3, -0.25) is 4.79 Å². The number of carbonyl (C=O) groups is 1. The van der Waals surface area contributed by atoms with Gasteiger partial charge in [0.15, 0.2) is 5.75 Å². The van der Waals surface area contributed by atoms with Crippen LogP contribution in [0.2, 0.25) is 0 Å². The molecule has 28 heavy (non-hydrogen) atoms. The molecule has 1 aliphatic carbocycles. The highest BCUT2D eigenvalue weighted by molar-refractivity contribution is 5.85. The predicted molar refractivity (Wildman–Crippen MR) is 107 cm³/mol. The van der Waals surface area contributed by atoms with Gasteiger partial charge in [0.05, 0.1) is 5.69 Å². The molecular weight excluding hydrogens is 386 g/mol. The fourth-order valence-electron chi connectivity index (χ4n) is 3.87. The number of anilines is 1. The van der Waals surface area contributed by atoms with E-state index < -0.39 is 23.2 Å². The van der Waals surface area contributed by atoms with Gasteiger partial charge in [0.25, 0.3) is 5.56 Å². The number of carboxylic acid groups (broad SMARTS) is 1. The highest BCUT2D eigenvalue weighted by Crippen LogP contribution is 2.39. The van der Waals surface area contributed by atoms with Crippen molar-refractivity contribution in [2.75, 3.05) is 31.1 Å². The first kappa shape index (κ1) is 20.0. The van der Waals surface area contributed by atoms with E-state index in [1.54, 1.807) is 0 Å². The maximum Gasteiger partial charge on any atom is 0.511 e. The molecule has 2 heterocycles. The third-order valence-electron chi connectivity index (χ3n) is 5.15. The summed E-state index contributed by atoms with van der Waals surface area (Å²) in [5, 5.41) is 22.6. The molecule has 9 heteroatoms. The summed E-state index contributed by atoms with van der Waals surface area (Å²) in [5.74, 6) is -0.961. The van der Waals surface area contributed by atoms with Crippen LogP contribution < -0.4 is 20.5 Å². The number of H-pyrrole nitrogens is 1. The molecule has 2 aromatic rings. The van der Waals surface area contributed by atoms with E-state index in [-0.39, 0.29) is 12.4 Å². The number of ether oxygens (including phenoxy) is 1. The van der Waals surface area contributed by atoms with Gasteiger partial charge in [-0.05, 0) is 37.0 Å². The summed E-state index contributed by atoms with van der Waals surface area (Å²) in [6.45, 7) is 3.80. The molecule has 8 nitrogen and oxygen atoms in total. The van der Waals surface area contributed by atoms with Crippen molar-refractivity contribution >= 4 is 24.2 Å². The number of hydrogen-bond acceptors (Lipinski definition) is 6. The number of hydrogen-bond donors (Lipinski definition) is 4. The molecule has 0 bridgehead atoms. The molecule has 2 aliphatic rings. The predicted octanol–water partition coefficient (Wildman–Crippen LogP) is 2.12. The first-order chi connectivity index (χ1) is 13.0. The minimum absolute atomic E-state index is 0. The Balaban J connectivity index is 0.00000225. The minimum Gasteiger partial charge on any atom is -0.504 e. The molecule has 1 saturated heterocycles. The van der Waals surface area contributed by atoms with E-state index in [1.165, 1.54) is 0 Å². The number of piperazine rings is 1. The summed E-state index contributed by atoms with van der Waals surface area (Å²) in [6, 6.07) is 6.13. The number of benzene rings is 1. The zero-order valence-corrected chi connectivity index (χ0v) is 16.0. The summed E-state index contributed by atoms with van der Waals surface area (Å²) in [4.78, 5) is 28.1. The third kappa shape index (κ3) is 3.65. The fraction of sp³-hybridized carbons (Fsp3) is 0.368. The van der Waals surface area contributed by atoms with Gasteiger partial charge in [0, 0.05) is 43.0 Å². The largest absolute Gasteiger partial charge is 0.511 e.